The Morgan fingerprint density at radius 2 is 1.75 bits per heavy atom. The molecule has 0 aromatic heterocycles. The van der Waals surface area contributed by atoms with Gasteiger partial charge in [-0.3, -0.25) is 0 Å². The van der Waals surface area contributed by atoms with E-state index >= 15 is 0 Å². The summed E-state index contributed by atoms with van der Waals surface area (Å²) >= 11 is 0. The van der Waals surface area contributed by atoms with E-state index in [0.29, 0.717) is 32.2 Å². The summed E-state index contributed by atoms with van der Waals surface area (Å²) in [6.45, 7) is 2.29. The van der Waals surface area contributed by atoms with Crippen LogP contribution in [0.15, 0.2) is 0 Å². The van der Waals surface area contributed by atoms with Crippen LogP contribution in [0.25, 0.3) is 0 Å². The second kappa shape index (κ2) is 7.44. The van der Waals surface area contributed by atoms with E-state index in [1.165, 1.54) is 6.42 Å². The molecule has 2 fully saturated rings. The van der Waals surface area contributed by atoms with Crippen molar-refractivity contribution in [1.29, 1.82) is 0 Å². The third-order valence-electron chi connectivity index (χ3n) is 4.45. The fraction of sp³-hybridized carbons (Fsp3) is 0.867. The largest absolute Gasteiger partial charge is 0.369 e. The van der Waals surface area contributed by atoms with Crippen molar-refractivity contribution < 1.29 is 13.2 Å². The van der Waals surface area contributed by atoms with Gasteiger partial charge in [0.15, 0.2) is 0 Å². The topological polar surface area (TPSA) is 46.6 Å². The van der Waals surface area contributed by atoms with Gasteiger partial charge in [-0.05, 0) is 31.6 Å². The Balaban J connectivity index is 1.82. The fourth-order valence-corrected chi connectivity index (χ4v) is 5.26. The van der Waals surface area contributed by atoms with Crippen molar-refractivity contribution in [2.75, 3.05) is 26.3 Å². The Morgan fingerprint density at radius 1 is 1.10 bits per heavy atom. The molecule has 114 valence electrons. The number of rotatable bonds is 5. The van der Waals surface area contributed by atoms with Crippen molar-refractivity contribution in [3.05, 3.63) is 0 Å². The van der Waals surface area contributed by atoms with Crippen LogP contribution in [0.3, 0.4) is 0 Å². The van der Waals surface area contributed by atoms with E-state index in [1.54, 1.807) is 4.31 Å². The molecule has 0 atom stereocenters. The molecule has 0 N–H and O–H groups in total. The minimum atomic E-state index is -3.07. The molecule has 20 heavy (non-hydrogen) atoms. The van der Waals surface area contributed by atoms with Gasteiger partial charge < -0.3 is 4.74 Å². The van der Waals surface area contributed by atoms with E-state index in [4.69, 9.17) is 11.2 Å². The Kier molecular flexibility index (Phi) is 5.88. The molecule has 2 aliphatic rings. The summed E-state index contributed by atoms with van der Waals surface area (Å²) < 4.78 is 32.2. The average Bonchev–Trinajstić information content (AvgIpc) is 2.49. The van der Waals surface area contributed by atoms with Gasteiger partial charge in [0.2, 0.25) is 10.0 Å². The molecule has 0 spiro atoms. The summed E-state index contributed by atoms with van der Waals surface area (Å²) in [6.07, 6.45) is 11.9. The third-order valence-corrected chi connectivity index (χ3v) is 6.84. The lowest BCUT2D eigenvalue weighted by Crippen LogP contribution is -2.44. The Hall–Kier alpha value is -0.570. The predicted molar refractivity (Wildman–Crippen MR) is 79.7 cm³/mol. The molecule has 0 unspecified atom stereocenters. The van der Waals surface area contributed by atoms with E-state index in [2.05, 4.69) is 5.92 Å². The lowest BCUT2D eigenvalue weighted by Gasteiger charge is -2.34. The summed E-state index contributed by atoms with van der Waals surface area (Å²) in [7, 11) is -3.07. The quantitative estimate of drug-likeness (QED) is 0.576. The van der Waals surface area contributed by atoms with E-state index in [1.807, 2.05) is 0 Å². The molecule has 0 amide bonds. The van der Waals surface area contributed by atoms with E-state index < -0.39 is 10.0 Å². The molecule has 4 nitrogen and oxygen atoms in total. The maximum absolute atomic E-state index is 12.6. The number of hydrogen-bond acceptors (Lipinski definition) is 3. The molecule has 2 rings (SSSR count). The predicted octanol–water partition coefficient (Wildman–Crippen LogP) is 2.01. The van der Waals surface area contributed by atoms with Crippen molar-refractivity contribution >= 4 is 10.0 Å². The zero-order chi connectivity index (χ0) is 14.4. The number of sulfonamides is 1. The Labute approximate surface area is 122 Å². The first-order chi connectivity index (χ1) is 9.64. The van der Waals surface area contributed by atoms with Gasteiger partial charge in [-0.25, -0.2) is 12.7 Å². The SMILES string of the molecule is C#CCOCC1CCN(S(=O)(=O)C2CCCCC2)CC1. The molecule has 1 aliphatic heterocycles. The summed E-state index contributed by atoms with van der Waals surface area (Å²) in [5, 5.41) is -0.134. The third kappa shape index (κ3) is 3.97. The molecule has 1 saturated heterocycles. The summed E-state index contributed by atoms with van der Waals surface area (Å²) in [5.74, 6) is 2.90. The zero-order valence-corrected chi connectivity index (χ0v) is 12.9. The first-order valence-corrected chi connectivity index (χ1v) is 9.15. The van der Waals surface area contributed by atoms with Gasteiger partial charge in [-0.1, -0.05) is 25.2 Å². The van der Waals surface area contributed by atoms with Gasteiger partial charge in [-0.15, -0.1) is 6.42 Å². The highest BCUT2D eigenvalue weighted by atomic mass is 32.2. The lowest BCUT2D eigenvalue weighted by molar-refractivity contribution is 0.101. The number of ether oxygens (including phenoxy) is 1. The molecular weight excluding hydrogens is 274 g/mol. The van der Waals surface area contributed by atoms with Crippen LogP contribution >= 0.6 is 0 Å². The molecule has 0 aromatic rings. The van der Waals surface area contributed by atoms with E-state index in [0.717, 1.165) is 38.5 Å². The molecular formula is C15H25NO3S. The van der Waals surface area contributed by atoms with Crippen LogP contribution < -0.4 is 0 Å². The van der Waals surface area contributed by atoms with Crippen LogP contribution in [0.2, 0.25) is 0 Å². The minimum absolute atomic E-state index is 0.134. The molecule has 1 heterocycles. The second-order valence-electron chi connectivity index (χ2n) is 5.87. The molecule has 5 heteroatoms. The zero-order valence-electron chi connectivity index (χ0n) is 12.1. The normalized spacial score (nSPS) is 23.6. The second-order valence-corrected chi connectivity index (χ2v) is 8.08. The Morgan fingerprint density at radius 3 is 2.35 bits per heavy atom. The van der Waals surface area contributed by atoms with Crippen molar-refractivity contribution in [2.45, 2.75) is 50.2 Å². The number of terminal acetylenes is 1. The number of piperidine rings is 1. The molecule has 0 aromatic carbocycles. The van der Waals surface area contributed by atoms with Crippen LogP contribution in [0.1, 0.15) is 44.9 Å². The van der Waals surface area contributed by atoms with Gasteiger partial charge in [0.05, 0.1) is 11.9 Å². The van der Waals surface area contributed by atoms with Crippen molar-refractivity contribution in [3.8, 4) is 12.3 Å². The van der Waals surface area contributed by atoms with Crippen LogP contribution in [-0.4, -0.2) is 44.3 Å². The standard InChI is InChI=1S/C15H25NO3S/c1-2-12-19-13-14-8-10-16(11-9-14)20(17,18)15-6-4-3-5-7-15/h1,14-15H,3-13H2. The molecule has 1 aliphatic carbocycles. The van der Waals surface area contributed by atoms with Crippen LogP contribution in [0.4, 0.5) is 0 Å². The van der Waals surface area contributed by atoms with Gasteiger partial charge in [0, 0.05) is 13.1 Å². The van der Waals surface area contributed by atoms with E-state index in [9.17, 15) is 8.42 Å². The smallest absolute Gasteiger partial charge is 0.216 e. The highest BCUT2D eigenvalue weighted by molar-refractivity contribution is 7.89. The molecule has 0 radical (unpaired) electrons. The van der Waals surface area contributed by atoms with Gasteiger partial charge in [0.1, 0.15) is 6.61 Å². The first kappa shape index (κ1) is 15.8. The molecule has 0 bridgehead atoms. The highest BCUT2D eigenvalue weighted by Gasteiger charge is 2.35. The van der Waals surface area contributed by atoms with Crippen molar-refractivity contribution in [1.82, 2.24) is 4.31 Å². The van der Waals surface area contributed by atoms with Gasteiger partial charge >= 0.3 is 0 Å². The summed E-state index contributed by atoms with van der Waals surface area (Å²) in [5.41, 5.74) is 0. The van der Waals surface area contributed by atoms with Crippen LogP contribution in [0, 0.1) is 18.3 Å². The van der Waals surface area contributed by atoms with Crippen LogP contribution in [0.5, 0.6) is 0 Å². The van der Waals surface area contributed by atoms with Crippen molar-refractivity contribution in [2.24, 2.45) is 5.92 Å². The van der Waals surface area contributed by atoms with Crippen molar-refractivity contribution in [3.63, 3.8) is 0 Å². The average molecular weight is 299 g/mol. The van der Waals surface area contributed by atoms with Crippen LogP contribution in [-0.2, 0) is 14.8 Å². The maximum Gasteiger partial charge on any atom is 0.216 e. The Bertz CT molecular complexity index is 427. The van der Waals surface area contributed by atoms with Gasteiger partial charge in [-0.2, -0.15) is 0 Å². The lowest BCUT2D eigenvalue weighted by atomic mass is 9.99. The monoisotopic (exact) mass is 299 g/mol. The number of hydrogen-bond donors (Lipinski definition) is 0. The minimum Gasteiger partial charge on any atom is -0.369 e. The van der Waals surface area contributed by atoms with Gasteiger partial charge in [0.25, 0.3) is 0 Å². The highest BCUT2D eigenvalue weighted by Crippen LogP contribution is 2.29. The van der Waals surface area contributed by atoms with E-state index in [-0.39, 0.29) is 5.25 Å². The molecule has 1 saturated carbocycles. The summed E-state index contributed by atoms with van der Waals surface area (Å²) in [6, 6.07) is 0. The number of nitrogens with zero attached hydrogens (tertiary/aromatic N) is 1. The first-order valence-electron chi connectivity index (χ1n) is 7.64. The fourth-order valence-electron chi connectivity index (χ4n) is 3.19. The summed E-state index contributed by atoms with van der Waals surface area (Å²) in [4.78, 5) is 0. The maximum atomic E-state index is 12.6.